The van der Waals surface area contributed by atoms with Crippen LogP contribution in [0.5, 0.6) is 0 Å². The third kappa shape index (κ3) is 4.76. The smallest absolute Gasteiger partial charge is 0.137 e. The molecule has 0 fully saturated rings. The summed E-state index contributed by atoms with van der Waals surface area (Å²) in [6.07, 6.45) is 6.49. The van der Waals surface area contributed by atoms with Crippen molar-refractivity contribution in [1.82, 2.24) is 4.57 Å². The highest BCUT2D eigenvalue weighted by Crippen LogP contribution is 2.44. The number of benzene rings is 8. The topological polar surface area (TPSA) is 21.3 Å². The van der Waals surface area contributed by atoms with Crippen LogP contribution < -0.4 is 4.90 Å². The minimum atomic E-state index is 0.887. The van der Waals surface area contributed by atoms with E-state index in [9.17, 15) is 0 Å². The number of nitrogens with zero attached hydrogens (tertiary/aromatic N) is 2. The molecule has 3 heterocycles. The summed E-state index contributed by atoms with van der Waals surface area (Å²) in [5.74, 6) is 0. The molecule has 1 aliphatic rings. The first-order valence-corrected chi connectivity index (χ1v) is 20.1. The largest absolute Gasteiger partial charge is 0.456 e. The summed E-state index contributed by atoms with van der Waals surface area (Å²) < 4.78 is 11.5. The molecule has 12 rings (SSSR count). The Kier molecular flexibility index (Phi) is 6.92. The van der Waals surface area contributed by atoms with Crippen LogP contribution in [0.1, 0.15) is 18.4 Å². The maximum Gasteiger partial charge on any atom is 0.137 e. The van der Waals surface area contributed by atoms with Gasteiger partial charge in [-0.3, -0.25) is 0 Å². The van der Waals surface area contributed by atoms with E-state index in [2.05, 4.69) is 185 Å². The van der Waals surface area contributed by atoms with E-state index in [1.165, 1.54) is 75.3 Å². The molecule has 11 aromatic rings. The zero-order valence-electron chi connectivity index (χ0n) is 30.4. The lowest BCUT2D eigenvalue weighted by Gasteiger charge is -2.30. The van der Waals surface area contributed by atoms with Crippen molar-refractivity contribution in [3.8, 4) is 5.69 Å². The van der Waals surface area contributed by atoms with E-state index < -0.39 is 0 Å². The Balaban J connectivity index is 1.02. The van der Waals surface area contributed by atoms with Gasteiger partial charge in [0.05, 0.1) is 16.7 Å². The molecule has 4 heteroatoms. The number of thiophene rings is 1. The lowest BCUT2D eigenvalue weighted by atomic mass is 9.93. The predicted octanol–water partition coefficient (Wildman–Crippen LogP) is 15.1. The van der Waals surface area contributed by atoms with Gasteiger partial charge in [0.15, 0.2) is 0 Å². The SMILES string of the molecule is C1=C(c2ccccc2-n2c3ccccc3c3c4ccccc4ccc32)CCC(N(c2ccc3c(c2)oc2ccccc23)c2ccc3sc4ccccc4c3c2)=C1. The van der Waals surface area contributed by atoms with E-state index in [1.54, 1.807) is 0 Å². The van der Waals surface area contributed by atoms with Crippen LogP contribution in [-0.2, 0) is 0 Å². The number of aromatic nitrogens is 1. The third-order valence-electron chi connectivity index (χ3n) is 11.7. The molecule has 1 aliphatic carbocycles. The summed E-state index contributed by atoms with van der Waals surface area (Å²) in [7, 11) is 0. The van der Waals surface area contributed by atoms with Gasteiger partial charge in [0, 0.05) is 70.4 Å². The Morgan fingerprint density at radius 3 is 2.11 bits per heavy atom. The van der Waals surface area contributed by atoms with Gasteiger partial charge in [-0.05, 0) is 95.9 Å². The van der Waals surface area contributed by atoms with E-state index in [0.717, 1.165) is 46.2 Å². The van der Waals surface area contributed by atoms with Gasteiger partial charge in [0.25, 0.3) is 0 Å². The van der Waals surface area contributed by atoms with Gasteiger partial charge < -0.3 is 13.9 Å². The quantitative estimate of drug-likeness (QED) is 0.176. The summed E-state index contributed by atoms with van der Waals surface area (Å²) in [6, 6.07) is 61.8. The van der Waals surface area contributed by atoms with Crippen molar-refractivity contribution in [2.24, 2.45) is 0 Å². The number of allylic oxidation sites excluding steroid dienone is 4. The molecule has 0 spiro atoms. The van der Waals surface area contributed by atoms with Gasteiger partial charge in [-0.2, -0.15) is 0 Å². The summed E-state index contributed by atoms with van der Waals surface area (Å²) >= 11 is 1.86. The van der Waals surface area contributed by atoms with Crippen molar-refractivity contribution in [1.29, 1.82) is 0 Å². The first-order valence-electron chi connectivity index (χ1n) is 19.3. The molecule has 264 valence electrons. The summed E-state index contributed by atoms with van der Waals surface area (Å²) in [4.78, 5) is 2.44. The summed E-state index contributed by atoms with van der Waals surface area (Å²) in [5, 5.41) is 10.0. The van der Waals surface area contributed by atoms with Crippen LogP contribution in [0.15, 0.2) is 192 Å². The van der Waals surface area contributed by atoms with Crippen molar-refractivity contribution in [3.05, 3.63) is 193 Å². The molecule has 0 aliphatic heterocycles. The van der Waals surface area contributed by atoms with Gasteiger partial charge >= 0.3 is 0 Å². The molecule has 0 unspecified atom stereocenters. The van der Waals surface area contributed by atoms with Gasteiger partial charge in [-0.1, -0.05) is 109 Å². The highest BCUT2D eigenvalue weighted by molar-refractivity contribution is 7.25. The molecule has 0 atom stereocenters. The normalized spacial score (nSPS) is 13.4. The number of hydrogen-bond donors (Lipinski definition) is 0. The average molecular weight is 735 g/mol. The minimum absolute atomic E-state index is 0.887. The van der Waals surface area contributed by atoms with E-state index in [1.807, 2.05) is 17.4 Å². The number of furan rings is 1. The molecule has 0 saturated heterocycles. The Morgan fingerprint density at radius 2 is 1.20 bits per heavy atom. The monoisotopic (exact) mass is 734 g/mol. The van der Waals surface area contributed by atoms with Crippen molar-refractivity contribution < 1.29 is 4.42 Å². The maximum absolute atomic E-state index is 6.43. The van der Waals surface area contributed by atoms with Crippen LogP contribution in [0, 0.1) is 0 Å². The van der Waals surface area contributed by atoms with E-state index in [4.69, 9.17) is 4.42 Å². The van der Waals surface area contributed by atoms with Crippen molar-refractivity contribution in [2.45, 2.75) is 12.8 Å². The zero-order chi connectivity index (χ0) is 36.7. The Hall–Kier alpha value is -6.88. The van der Waals surface area contributed by atoms with E-state index >= 15 is 0 Å². The Morgan fingerprint density at radius 1 is 0.482 bits per heavy atom. The first-order chi connectivity index (χ1) is 27.8. The number of hydrogen-bond acceptors (Lipinski definition) is 3. The summed E-state index contributed by atoms with van der Waals surface area (Å²) in [6.45, 7) is 0. The van der Waals surface area contributed by atoms with Gasteiger partial charge in [0.2, 0.25) is 0 Å². The van der Waals surface area contributed by atoms with E-state index in [-0.39, 0.29) is 0 Å². The number of rotatable bonds is 5. The second-order valence-corrected chi connectivity index (χ2v) is 15.9. The third-order valence-corrected chi connectivity index (χ3v) is 12.9. The molecule has 0 saturated carbocycles. The van der Waals surface area contributed by atoms with Crippen LogP contribution in [0.4, 0.5) is 11.4 Å². The maximum atomic E-state index is 6.43. The van der Waals surface area contributed by atoms with Crippen molar-refractivity contribution in [2.75, 3.05) is 4.90 Å². The molecule has 0 radical (unpaired) electrons. The number of para-hydroxylation sites is 3. The van der Waals surface area contributed by atoms with Crippen LogP contribution in [0.2, 0.25) is 0 Å². The highest BCUT2D eigenvalue weighted by Gasteiger charge is 2.23. The molecule has 0 bridgehead atoms. The minimum Gasteiger partial charge on any atom is -0.456 e. The standard InChI is InChI=1S/C52H34N2OS/c1-2-13-39-33(11-1)23-29-47-52(39)43-16-4-8-18-46(43)54(47)45-17-7-3-12-38(45)34-21-24-35(25-22-34)53(36-27-30-51-44(31-36)42-15-6-10-20-50(42)56-51)37-26-28-41-40-14-5-9-19-48(40)55-49(41)32-37/h1-21,23-24,26-32H,22,25H2. The highest BCUT2D eigenvalue weighted by atomic mass is 32.1. The molecule has 8 aromatic carbocycles. The second kappa shape index (κ2) is 12.3. The molecule has 0 amide bonds. The Bertz CT molecular complexity index is 3450. The zero-order valence-corrected chi connectivity index (χ0v) is 31.3. The van der Waals surface area contributed by atoms with Gasteiger partial charge in [0.1, 0.15) is 11.2 Å². The molecule has 56 heavy (non-hydrogen) atoms. The van der Waals surface area contributed by atoms with E-state index in [0.29, 0.717) is 0 Å². The average Bonchev–Trinajstić information content (AvgIpc) is 3.93. The Labute approximate surface area is 327 Å². The van der Waals surface area contributed by atoms with Crippen LogP contribution in [0.25, 0.3) is 85.9 Å². The van der Waals surface area contributed by atoms with Crippen molar-refractivity contribution in [3.63, 3.8) is 0 Å². The number of anilines is 2. The molecule has 0 N–H and O–H groups in total. The molecule has 3 nitrogen and oxygen atoms in total. The predicted molar refractivity (Wildman–Crippen MR) is 239 cm³/mol. The summed E-state index contributed by atoms with van der Waals surface area (Å²) in [5.41, 5.74) is 11.6. The van der Waals surface area contributed by atoms with Gasteiger partial charge in [-0.25, -0.2) is 0 Å². The lowest BCUT2D eigenvalue weighted by molar-refractivity contribution is 0.669. The number of fused-ring (bicyclic) bond motifs is 11. The fourth-order valence-corrected chi connectivity index (χ4v) is 10.2. The van der Waals surface area contributed by atoms with Crippen LogP contribution in [0.3, 0.4) is 0 Å². The first kappa shape index (κ1) is 31.5. The van der Waals surface area contributed by atoms with Gasteiger partial charge in [-0.15, -0.1) is 11.3 Å². The lowest BCUT2D eigenvalue weighted by Crippen LogP contribution is -2.18. The fourth-order valence-electron chi connectivity index (χ4n) is 9.16. The second-order valence-electron chi connectivity index (χ2n) is 14.8. The van der Waals surface area contributed by atoms with Crippen molar-refractivity contribution >= 4 is 103 Å². The fraction of sp³-hybridized carbons (Fsp3) is 0.0385. The molecule has 3 aromatic heterocycles. The van der Waals surface area contributed by atoms with Crippen LogP contribution in [-0.4, -0.2) is 4.57 Å². The molecular formula is C52H34N2OS. The van der Waals surface area contributed by atoms with Crippen LogP contribution >= 0.6 is 11.3 Å². The molecular weight excluding hydrogens is 701 g/mol.